The van der Waals surface area contributed by atoms with Crippen molar-refractivity contribution < 1.29 is 4.74 Å². The van der Waals surface area contributed by atoms with Crippen molar-refractivity contribution in [2.45, 2.75) is 44.3 Å². The zero-order valence-corrected chi connectivity index (χ0v) is 13.7. The lowest BCUT2D eigenvalue weighted by molar-refractivity contribution is 0.179. The number of aryl methyl sites for hydroxylation is 1. The Morgan fingerprint density at radius 3 is 3.10 bits per heavy atom. The molecule has 2 unspecified atom stereocenters. The van der Waals surface area contributed by atoms with Gasteiger partial charge in [-0.3, -0.25) is 4.79 Å². The third kappa shape index (κ3) is 5.13. The number of aromatic amines is 1. The molecule has 6 heteroatoms. The minimum Gasteiger partial charge on any atom is -0.381 e. The molecule has 1 aromatic heterocycles. The third-order valence-electron chi connectivity index (χ3n) is 3.68. The summed E-state index contributed by atoms with van der Waals surface area (Å²) in [5.74, 6) is 1.46. The molecule has 0 saturated carbocycles. The summed E-state index contributed by atoms with van der Waals surface area (Å²) in [7, 11) is 0. The molecule has 2 rings (SSSR count). The van der Waals surface area contributed by atoms with Gasteiger partial charge in [0.2, 0.25) is 0 Å². The molecule has 0 aliphatic carbocycles. The van der Waals surface area contributed by atoms with E-state index in [4.69, 9.17) is 4.74 Å². The second kappa shape index (κ2) is 8.56. The molecular formula is C15H25N3O2S. The van der Waals surface area contributed by atoms with E-state index in [1.807, 2.05) is 0 Å². The van der Waals surface area contributed by atoms with E-state index in [2.05, 4.69) is 29.1 Å². The normalized spacial score (nSPS) is 19.8. The first-order valence-electron chi connectivity index (χ1n) is 7.77. The number of nitrogens with zero attached hydrogens (tertiary/aromatic N) is 1. The molecule has 1 aliphatic rings. The van der Waals surface area contributed by atoms with Gasteiger partial charge in [0.05, 0.1) is 6.61 Å². The summed E-state index contributed by atoms with van der Waals surface area (Å²) in [6, 6.07) is 2.00. The second-order valence-corrected chi connectivity index (χ2v) is 6.40. The molecule has 1 aromatic rings. The second-order valence-electron chi connectivity index (χ2n) is 5.39. The minimum absolute atomic E-state index is 0.0554. The highest BCUT2D eigenvalue weighted by Crippen LogP contribution is 2.22. The Bertz CT molecular complexity index is 486. The Hall–Kier alpha value is -0.850. The first-order valence-corrected chi connectivity index (χ1v) is 8.75. The average Bonchev–Trinajstić information content (AvgIpc) is 2.97. The van der Waals surface area contributed by atoms with E-state index in [0.29, 0.717) is 12.0 Å². The van der Waals surface area contributed by atoms with Gasteiger partial charge in [0.1, 0.15) is 0 Å². The smallest absolute Gasteiger partial charge is 0.251 e. The van der Waals surface area contributed by atoms with Crippen LogP contribution >= 0.6 is 11.8 Å². The van der Waals surface area contributed by atoms with Crippen molar-refractivity contribution in [2.75, 3.05) is 25.5 Å². The molecule has 0 amide bonds. The summed E-state index contributed by atoms with van der Waals surface area (Å²) in [6.07, 6.45) is 2.96. The number of nitrogens with one attached hydrogen (secondary N) is 2. The van der Waals surface area contributed by atoms with Crippen LogP contribution in [-0.4, -0.2) is 41.5 Å². The Kier molecular flexibility index (Phi) is 6.73. The lowest BCUT2D eigenvalue weighted by atomic mass is 10.0. The van der Waals surface area contributed by atoms with Crippen molar-refractivity contribution in [3.63, 3.8) is 0 Å². The molecular weight excluding hydrogens is 286 g/mol. The number of H-pyrrole nitrogens is 1. The summed E-state index contributed by atoms with van der Waals surface area (Å²) in [5.41, 5.74) is 0.827. The fraction of sp³-hybridized carbons (Fsp3) is 0.733. The molecule has 1 saturated heterocycles. The van der Waals surface area contributed by atoms with Gasteiger partial charge < -0.3 is 15.0 Å². The van der Waals surface area contributed by atoms with Crippen molar-refractivity contribution in [1.82, 2.24) is 15.3 Å². The molecule has 118 valence electrons. The van der Waals surface area contributed by atoms with E-state index >= 15 is 0 Å². The SMILES string of the molecule is CCCc1cc(=O)[nH]c(SCC(NCC)C2CCOC2)n1. The Balaban J connectivity index is 1.97. The van der Waals surface area contributed by atoms with Gasteiger partial charge in [0.15, 0.2) is 5.16 Å². The summed E-state index contributed by atoms with van der Waals surface area (Å²) in [5, 5.41) is 4.26. The molecule has 0 aromatic carbocycles. The molecule has 1 fully saturated rings. The van der Waals surface area contributed by atoms with Gasteiger partial charge in [-0.1, -0.05) is 32.0 Å². The topological polar surface area (TPSA) is 67.0 Å². The van der Waals surface area contributed by atoms with Crippen LogP contribution in [0.1, 0.15) is 32.4 Å². The van der Waals surface area contributed by atoms with Crippen LogP contribution in [0.4, 0.5) is 0 Å². The highest BCUT2D eigenvalue weighted by atomic mass is 32.2. The van der Waals surface area contributed by atoms with E-state index in [1.54, 1.807) is 17.8 Å². The maximum atomic E-state index is 11.7. The molecule has 1 aliphatic heterocycles. The fourth-order valence-electron chi connectivity index (χ4n) is 2.60. The number of aromatic nitrogens is 2. The number of hydrogen-bond acceptors (Lipinski definition) is 5. The summed E-state index contributed by atoms with van der Waals surface area (Å²) in [6.45, 7) is 6.85. The van der Waals surface area contributed by atoms with Crippen molar-refractivity contribution in [3.8, 4) is 0 Å². The lowest BCUT2D eigenvalue weighted by Crippen LogP contribution is -2.38. The lowest BCUT2D eigenvalue weighted by Gasteiger charge is -2.22. The molecule has 5 nitrogen and oxygen atoms in total. The zero-order chi connectivity index (χ0) is 15.1. The molecule has 0 bridgehead atoms. The molecule has 2 heterocycles. The molecule has 0 radical (unpaired) electrons. The van der Waals surface area contributed by atoms with E-state index in [0.717, 1.165) is 55.6 Å². The molecule has 2 N–H and O–H groups in total. The van der Waals surface area contributed by atoms with Crippen molar-refractivity contribution in [2.24, 2.45) is 5.92 Å². The van der Waals surface area contributed by atoms with Crippen LogP contribution in [0, 0.1) is 5.92 Å². The Labute approximate surface area is 130 Å². The molecule has 2 atom stereocenters. The van der Waals surface area contributed by atoms with Crippen LogP contribution in [0.5, 0.6) is 0 Å². The number of ether oxygens (including phenoxy) is 1. The van der Waals surface area contributed by atoms with E-state index in [9.17, 15) is 4.79 Å². The van der Waals surface area contributed by atoms with Gasteiger partial charge in [-0.25, -0.2) is 4.98 Å². The highest BCUT2D eigenvalue weighted by molar-refractivity contribution is 7.99. The van der Waals surface area contributed by atoms with Crippen LogP contribution < -0.4 is 10.9 Å². The van der Waals surface area contributed by atoms with Crippen LogP contribution in [0.15, 0.2) is 16.0 Å². The largest absolute Gasteiger partial charge is 0.381 e. The van der Waals surface area contributed by atoms with Gasteiger partial charge in [-0.05, 0) is 19.4 Å². The van der Waals surface area contributed by atoms with Gasteiger partial charge >= 0.3 is 0 Å². The average molecular weight is 311 g/mol. The van der Waals surface area contributed by atoms with Crippen LogP contribution in [0.25, 0.3) is 0 Å². The summed E-state index contributed by atoms with van der Waals surface area (Å²) in [4.78, 5) is 19.0. The van der Waals surface area contributed by atoms with Crippen molar-refractivity contribution in [3.05, 3.63) is 22.1 Å². The van der Waals surface area contributed by atoms with Crippen LogP contribution in [0.2, 0.25) is 0 Å². The predicted octanol–water partition coefficient (Wildman–Crippen LogP) is 1.83. The monoisotopic (exact) mass is 311 g/mol. The number of hydrogen-bond donors (Lipinski definition) is 2. The van der Waals surface area contributed by atoms with Crippen LogP contribution in [0.3, 0.4) is 0 Å². The Morgan fingerprint density at radius 2 is 2.43 bits per heavy atom. The summed E-state index contributed by atoms with van der Waals surface area (Å²) < 4.78 is 5.48. The highest BCUT2D eigenvalue weighted by Gasteiger charge is 2.25. The number of rotatable bonds is 8. The first kappa shape index (κ1) is 16.5. The maximum Gasteiger partial charge on any atom is 0.251 e. The fourth-order valence-corrected chi connectivity index (χ4v) is 3.68. The molecule has 0 spiro atoms. The minimum atomic E-state index is -0.0554. The van der Waals surface area contributed by atoms with Crippen molar-refractivity contribution in [1.29, 1.82) is 0 Å². The Morgan fingerprint density at radius 1 is 1.57 bits per heavy atom. The first-order chi connectivity index (χ1) is 10.2. The van der Waals surface area contributed by atoms with Gasteiger partial charge in [0.25, 0.3) is 5.56 Å². The molecule has 21 heavy (non-hydrogen) atoms. The van der Waals surface area contributed by atoms with Crippen molar-refractivity contribution >= 4 is 11.8 Å². The standard InChI is InChI=1S/C15H25N3O2S/c1-3-5-12-8-14(19)18-15(17-12)21-10-13(16-4-2)11-6-7-20-9-11/h8,11,13,16H,3-7,9-10H2,1-2H3,(H,17,18,19). The van der Waals surface area contributed by atoms with Crippen LogP contribution in [-0.2, 0) is 11.2 Å². The van der Waals surface area contributed by atoms with Gasteiger partial charge in [0, 0.05) is 36.1 Å². The third-order valence-corrected chi connectivity index (χ3v) is 4.67. The van der Waals surface area contributed by atoms with E-state index in [1.165, 1.54) is 0 Å². The van der Waals surface area contributed by atoms with Gasteiger partial charge in [-0.15, -0.1) is 0 Å². The maximum absolute atomic E-state index is 11.7. The van der Waals surface area contributed by atoms with E-state index < -0.39 is 0 Å². The summed E-state index contributed by atoms with van der Waals surface area (Å²) >= 11 is 1.62. The van der Waals surface area contributed by atoms with E-state index in [-0.39, 0.29) is 5.56 Å². The number of thioether (sulfide) groups is 1. The predicted molar refractivity (Wildman–Crippen MR) is 86.0 cm³/mol. The zero-order valence-electron chi connectivity index (χ0n) is 12.9. The quantitative estimate of drug-likeness (QED) is 0.566. The van der Waals surface area contributed by atoms with Gasteiger partial charge in [-0.2, -0.15) is 0 Å².